The molecule has 0 aliphatic rings. The predicted molar refractivity (Wildman–Crippen MR) is 69.5 cm³/mol. The van der Waals surface area contributed by atoms with E-state index in [1.165, 1.54) is 12.8 Å². The lowest BCUT2D eigenvalue weighted by Crippen LogP contribution is -2.25. The molecule has 0 fully saturated rings. The summed E-state index contributed by atoms with van der Waals surface area (Å²) >= 11 is 0. The van der Waals surface area contributed by atoms with Crippen LogP contribution in [0.3, 0.4) is 0 Å². The quantitative estimate of drug-likeness (QED) is 0.564. The molecule has 0 aliphatic heterocycles. The molecule has 0 saturated carbocycles. The zero-order chi connectivity index (χ0) is 12.2. The average Bonchev–Trinajstić information content (AvgIpc) is 2.23. The van der Waals surface area contributed by atoms with E-state index in [4.69, 9.17) is 0 Å². The van der Waals surface area contributed by atoms with E-state index in [2.05, 4.69) is 31.4 Å². The minimum Gasteiger partial charge on any atom is -0.356 e. The van der Waals surface area contributed by atoms with E-state index in [9.17, 15) is 4.79 Å². The van der Waals surface area contributed by atoms with Crippen LogP contribution in [0.15, 0.2) is 0 Å². The second-order valence-corrected chi connectivity index (χ2v) is 4.62. The number of unbranched alkanes of at least 4 members (excludes halogenated alkanes) is 3. The molecule has 0 aromatic heterocycles. The molecule has 0 radical (unpaired) electrons. The monoisotopic (exact) mass is 228 g/mol. The molecule has 96 valence electrons. The van der Waals surface area contributed by atoms with Crippen LogP contribution in [0.4, 0.5) is 0 Å². The molecule has 2 N–H and O–H groups in total. The van der Waals surface area contributed by atoms with Gasteiger partial charge in [-0.1, -0.05) is 33.6 Å². The van der Waals surface area contributed by atoms with E-state index in [-0.39, 0.29) is 5.91 Å². The van der Waals surface area contributed by atoms with Crippen LogP contribution in [-0.4, -0.2) is 25.0 Å². The van der Waals surface area contributed by atoms with E-state index in [0.29, 0.717) is 12.5 Å². The smallest absolute Gasteiger partial charge is 0.219 e. The molecule has 0 atom stereocenters. The Morgan fingerprint density at radius 1 is 1.06 bits per heavy atom. The van der Waals surface area contributed by atoms with Gasteiger partial charge in [-0.05, 0) is 25.8 Å². The summed E-state index contributed by atoms with van der Waals surface area (Å²) in [7, 11) is 0. The highest BCUT2D eigenvalue weighted by Crippen LogP contribution is 1.96. The Bertz CT molecular complexity index is 169. The second kappa shape index (κ2) is 10.9. The van der Waals surface area contributed by atoms with Crippen molar-refractivity contribution in [3.05, 3.63) is 0 Å². The molecule has 3 nitrogen and oxygen atoms in total. The zero-order valence-electron chi connectivity index (χ0n) is 11.1. The average molecular weight is 228 g/mol. The van der Waals surface area contributed by atoms with Crippen molar-refractivity contribution >= 4 is 5.91 Å². The maximum atomic E-state index is 11.4. The molecule has 16 heavy (non-hydrogen) atoms. The van der Waals surface area contributed by atoms with Crippen molar-refractivity contribution in [1.29, 1.82) is 0 Å². The first kappa shape index (κ1) is 15.4. The molecule has 0 heterocycles. The Hall–Kier alpha value is -0.570. The summed E-state index contributed by atoms with van der Waals surface area (Å²) in [6.45, 7) is 8.31. The van der Waals surface area contributed by atoms with Gasteiger partial charge >= 0.3 is 0 Å². The third-order valence-electron chi connectivity index (χ3n) is 2.49. The number of rotatable bonds is 10. The minimum absolute atomic E-state index is 0.209. The van der Waals surface area contributed by atoms with Crippen molar-refractivity contribution in [3.63, 3.8) is 0 Å². The van der Waals surface area contributed by atoms with Crippen molar-refractivity contribution < 1.29 is 4.79 Å². The molecule has 0 unspecified atom stereocenters. The topological polar surface area (TPSA) is 41.1 Å². The molecular formula is C13H28N2O. The van der Waals surface area contributed by atoms with Crippen molar-refractivity contribution in [2.24, 2.45) is 0 Å². The Kier molecular flexibility index (Phi) is 10.5. The maximum absolute atomic E-state index is 11.4. The van der Waals surface area contributed by atoms with Gasteiger partial charge in [0.25, 0.3) is 0 Å². The highest BCUT2D eigenvalue weighted by atomic mass is 16.1. The Morgan fingerprint density at radius 3 is 2.38 bits per heavy atom. The van der Waals surface area contributed by atoms with Crippen molar-refractivity contribution in [2.45, 2.75) is 65.3 Å². The first-order chi connectivity index (χ1) is 7.66. The van der Waals surface area contributed by atoms with Gasteiger partial charge in [0.15, 0.2) is 0 Å². The van der Waals surface area contributed by atoms with Crippen LogP contribution in [-0.2, 0) is 4.79 Å². The van der Waals surface area contributed by atoms with Crippen LogP contribution in [0, 0.1) is 0 Å². The van der Waals surface area contributed by atoms with Crippen LogP contribution in [0.1, 0.15) is 59.3 Å². The van der Waals surface area contributed by atoms with Crippen molar-refractivity contribution in [3.8, 4) is 0 Å². The summed E-state index contributed by atoms with van der Waals surface area (Å²) in [6, 6.07) is 0.544. The number of carbonyl (C=O) groups excluding carboxylic acids is 1. The highest BCUT2D eigenvalue weighted by molar-refractivity contribution is 5.75. The van der Waals surface area contributed by atoms with Crippen LogP contribution in [0.2, 0.25) is 0 Å². The van der Waals surface area contributed by atoms with Crippen LogP contribution in [0.25, 0.3) is 0 Å². The van der Waals surface area contributed by atoms with E-state index >= 15 is 0 Å². The minimum atomic E-state index is 0.209. The molecule has 3 heteroatoms. The lowest BCUT2D eigenvalue weighted by Gasteiger charge is -2.07. The number of hydrogen-bond acceptors (Lipinski definition) is 2. The molecular weight excluding hydrogens is 200 g/mol. The standard InChI is InChI=1S/C13H28N2O/c1-4-5-7-11-15-13(16)9-6-8-10-14-12(2)3/h12,14H,4-11H2,1-3H3,(H,15,16). The molecule has 1 amide bonds. The summed E-state index contributed by atoms with van der Waals surface area (Å²) in [4.78, 5) is 11.4. The molecule has 0 spiro atoms. The Balaban J connectivity index is 3.17. The second-order valence-electron chi connectivity index (χ2n) is 4.62. The Morgan fingerprint density at radius 2 is 1.75 bits per heavy atom. The third-order valence-corrected chi connectivity index (χ3v) is 2.49. The lowest BCUT2D eigenvalue weighted by molar-refractivity contribution is -0.121. The van der Waals surface area contributed by atoms with Gasteiger partial charge in [0.05, 0.1) is 0 Å². The van der Waals surface area contributed by atoms with E-state index in [0.717, 1.165) is 32.4 Å². The van der Waals surface area contributed by atoms with Crippen molar-refractivity contribution in [2.75, 3.05) is 13.1 Å². The Labute approximate surface area is 100 Å². The number of hydrogen-bond donors (Lipinski definition) is 2. The van der Waals surface area contributed by atoms with Crippen molar-refractivity contribution in [1.82, 2.24) is 10.6 Å². The fourth-order valence-electron chi connectivity index (χ4n) is 1.49. The highest BCUT2D eigenvalue weighted by Gasteiger charge is 2.00. The molecule has 0 aliphatic carbocycles. The fraction of sp³-hybridized carbons (Fsp3) is 0.923. The summed E-state index contributed by atoms with van der Waals surface area (Å²) in [5.41, 5.74) is 0. The molecule has 0 aromatic rings. The van der Waals surface area contributed by atoms with Crippen LogP contribution >= 0.6 is 0 Å². The first-order valence-corrected chi connectivity index (χ1v) is 6.67. The third kappa shape index (κ3) is 11.5. The van der Waals surface area contributed by atoms with Crippen LogP contribution in [0.5, 0.6) is 0 Å². The van der Waals surface area contributed by atoms with Gasteiger partial charge in [-0.3, -0.25) is 4.79 Å². The zero-order valence-corrected chi connectivity index (χ0v) is 11.1. The van der Waals surface area contributed by atoms with E-state index < -0.39 is 0 Å². The van der Waals surface area contributed by atoms with Gasteiger partial charge in [0.1, 0.15) is 0 Å². The normalized spacial score (nSPS) is 10.8. The molecule has 0 rings (SSSR count). The van der Waals surface area contributed by atoms with Gasteiger partial charge in [-0.25, -0.2) is 0 Å². The molecule has 0 bridgehead atoms. The van der Waals surface area contributed by atoms with E-state index in [1.54, 1.807) is 0 Å². The number of nitrogens with one attached hydrogen (secondary N) is 2. The van der Waals surface area contributed by atoms with Gasteiger partial charge < -0.3 is 10.6 Å². The van der Waals surface area contributed by atoms with Crippen LogP contribution < -0.4 is 10.6 Å². The predicted octanol–water partition coefficient (Wildman–Crippen LogP) is 2.46. The first-order valence-electron chi connectivity index (χ1n) is 6.67. The van der Waals surface area contributed by atoms with Gasteiger partial charge in [-0.2, -0.15) is 0 Å². The number of amides is 1. The van der Waals surface area contributed by atoms with Gasteiger partial charge in [0, 0.05) is 19.0 Å². The largest absolute Gasteiger partial charge is 0.356 e. The molecule has 0 saturated heterocycles. The van der Waals surface area contributed by atoms with E-state index in [1.807, 2.05) is 0 Å². The summed E-state index contributed by atoms with van der Waals surface area (Å²) in [5.74, 6) is 0.209. The number of carbonyl (C=O) groups is 1. The molecule has 0 aromatic carbocycles. The summed E-state index contributed by atoms with van der Waals surface area (Å²) in [5, 5.41) is 6.31. The lowest BCUT2D eigenvalue weighted by atomic mass is 10.2. The SMILES string of the molecule is CCCCCNC(=O)CCCCNC(C)C. The summed E-state index contributed by atoms with van der Waals surface area (Å²) in [6.07, 6.45) is 6.26. The fourth-order valence-corrected chi connectivity index (χ4v) is 1.49. The van der Waals surface area contributed by atoms with Gasteiger partial charge in [-0.15, -0.1) is 0 Å². The summed E-state index contributed by atoms with van der Waals surface area (Å²) < 4.78 is 0. The van der Waals surface area contributed by atoms with Gasteiger partial charge in [0.2, 0.25) is 5.91 Å². The maximum Gasteiger partial charge on any atom is 0.219 e.